The van der Waals surface area contributed by atoms with E-state index in [1.165, 1.54) is 9.13 Å². The maximum Gasteiger partial charge on any atom is 0.336 e. The Labute approximate surface area is 200 Å². The number of carbonyl (C=O) groups is 2. The molecule has 0 amide bonds. The van der Waals surface area contributed by atoms with Crippen molar-refractivity contribution < 1.29 is 9.59 Å². The number of aromatic nitrogens is 3. The zero-order chi connectivity index (χ0) is 24.4. The number of benzene rings is 1. The summed E-state index contributed by atoms with van der Waals surface area (Å²) < 4.78 is 2.86. The van der Waals surface area contributed by atoms with Gasteiger partial charge in [0.25, 0.3) is 0 Å². The summed E-state index contributed by atoms with van der Waals surface area (Å²) in [7, 11) is 0. The first kappa shape index (κ1) is 24.1. The fourth-order valence-electron chi connectivity index (χ4n) is 5.43. The Kier molecular flexibility index (Phi) is 7.12. The normalized spacial score (nSPS) is 20.7. The zero-order valence-corrected chi connectivity index (χ0v) is 20.2. The van der Waals surface area contributed by atoms with Crippen molar-refractivity contribution in [2.24, 2.45) is 29.4 Å². The molecule has 0 bridgehead atoms. The van der Waals surface area contributed by atoms with E-state index in [2.05, 4.69) is 25.8 Å². The van der Waals surface area contributed by atoms with E-state index in [0.717, 1.165) is 24.8 Å². The number of imidazole rings is 1. The lowest BCUT2D eigenvalue weighted by atomic mass is 9.69. The van der Waals surface area contributed by atoms with Crippen molar-refractivity contribution in [3.8, 4) is 0 Å². The Morgan fingerprint density at radius 1 is 1.18 bits per heavy atom. The van der Waals surface area contributed by atoms with Crippen LogP contribution in [0.1, 0.15) is 60.7 Å². The molecule has 3 atom stereocenters. The van der Waals surface area contributed by atoms with Gasteiger partial charge in [-0.15, -0.1) is 0 Å². The highest BCUT2D eigenvalue weighted by molar-refractivity contribution is 6.01. The third kappa shape index (κ3) is 4.62. The van der Waals surface area contributed by atoms with Gasteiger partial charge in [0.05, 0.1) is 11.0 Å². The largest absolute Gasteiger partial charge is 0.336 e. The fraction of sp³-hybridized carbons (Fsp3) is 0.481. The summed E-state index contributed by atoms with van der Waals surface area (Å²) in [6.07, 6.45) is 6.46. The smallest absolute Gasteiger partial charge is 0.329 e. The molecule has 3 aromatic rings. The Morgan fingerprint density at radius 2 is 1.97 bits per heavy atom. The average molecular weight is 463 g/mol. The molecule has 1 saturated carbocycles. The molecule has 2 heterocycles. The van der Waals surface area contributed by atoms with Crippen LogP contribution >= 0.6 is 0 Å². The van der Waals surface area contributed by atoms with E-state index in [9.17, 15) is 14.4 Å². The van der Waals surface area contributed by atoms with Gasteiger partial charge in [0, 0.05) is 43.4 Å². The number of rotatable bonds is 7. The number of ketones is 1. The third-order valence-electron chi connectivity index (χ3n) is 7.25. The molecule has 0 spiro atoms. The third-order valence-corrected chi connectivity index (χ3v) is 7.25. The second kappa shape index (κ2) is 10.1. The van der Waals surface area contributed by atoms with Gasteiger partial charge in [-0.3, -0.25) is 19.1 Å². The van der Waals surface area contributed by atoms with Crippen LogP contribution in [0.4, 0.5) is 0 Å². The van der Waals surface area contributed by atoms with Crippen molar-refractivity contribution in [3.05, 3.63) is 64.3 Å². The Balaban J connectivity index is 1.76. The maximum atomic E-state index is 13.8. The Hall–Kier alpha value is -3.06. The van der Waals surface area contributed by atoms with Crippen LogP contribution < -0.4 is 11.4 Å². The summed E-state index contributed by atoms with van der Waals surface area (Å²) >= 11 is 0. The Bertz CT molecular complexity index is 1240. The van der Waals surface area contributed by atoms with E-state index < -0.39 is 0 Å². The SMILES string of the molecule is CC(C)[C@@H]1CC[C@@H](C)C[C@H]1C(=O)n1c(=O)n(CCN)c2cc(C(=O)Cc3cccnc3)ccc21. The average Bonchev–Trinajstić information content (AvgIpc) is 3.10. The van der Waals surface area contributed by atoms with E-state index in [1.54, 1.807) is 36.7 Å². The molecule has 34 heavy (non-hydrogen) atoms. The first-order valence-electron chi connectivity index (χ1n) is 12.2. The van der Waals surface area contributed by atoms with Gasteiger partial charge in [-0.1, -0.05) is 33.3 Å². The van der Waals surface area contributed by atoms with E-state index in [-0.39, 0.29) is 48.7 Å². The quantitative estimate of drug-likeness (QED) is 0.536. The van der Waals surface area contributed by atoms with Gasteiger partial charge >= 0.3 is 5.69 Å². The standard InChI is InChI=1S/C27H34N4O3/c1-17(2)21-8-6-18(3)13-22(21)26(33)31-23-9-7-20(15-24(23)30(12-10-28)27(31)34)25(32)14-19-5-4-11-29-16-19/h4-5,7,9,11,15-18,21-22H,6,8,10,12-14,28H2,1-3H3/t18-,21+,22-/m1/s1. The molecule has 0 unspecified atom stereocenters. The number of fused-ring (bicyclic) bond motifs is 1. The lowest BCUT2D eigenvalue weighted by molar-refractivity contribution is 0.0633. The maximum absolute atomic E-state index is 13.8. The molecule has 1 aliphatic rings. The van der Waals surface area contributed by atoms with Crippen LogP contribution in [0.15, 0.2) is 47.5 Å². The summed E-state index contributed by atoms with van der Waals surface area (Å²) in [5.74, 6) is 0.682. The second-order valence-corrected chi connectivity index (χ2v) is 9.99. The van der Waals surface area contributed by atoms with Crippen molar-refractivity contribution in [1.29, 1.82) is 0 Å². The summed E-state index contributed by atoms with van der Waals surface area (Å²) in [4.78, 5) is 44.3. The minimum Gasteiger partial charge on any atom is -0.329 e. The molecule has 2 N–H and O–H groups in total. The van der Waals surface area contributed by atoms with Gasteiger partial charge in [-0.2, -0.15) is 0 Å². The van der Waals surface area contributed by atoms with Gasteiger partial charge < -0.3 is 5.73 Å². The van der Waals surface area contributed by atoms with Crippen molar-refractivity contribution in [1.82, 2.24) is 14.1 Å². The molecular formula is C27H34N4O3. The lowest BCUT2D eigenvalue weighted by Crippen LogP contribution is -2.40. The minimum atomic E-state index is -0.372. The number of nitrogens with zero attached hydrogens (tertiary/aromatic N) is 3. The molecule has 1 aliphatic carbocycles. The van der Waals surface area contributed by atoms with E-state index in [4.69, 9.17) is 5.73 Å². The summed E-state index contributed by atoms with van der Waals surface area (Å²) in [5.41, 5.74) is 7.87. The van der Waals surface area contributed by atoms with Crippen LogP contribution in [-0.2, 0) is 13.0 Å². The summed E-state index contributed by atoms with van der Waals surface area (Å²) in [6, 6.07) is 8.82. The molecule has 4 rings (SSSR count). The topological polar surface area (TPSA) is 100.0 Å². The second-order valence-electron chi connectivity index (χ2n) is 9.99. The molecule has 2 aromatic heterocycles. The highest BCUT2D eigenvalue weighted by Crippen LogP contribution is 2.39. The van der Waals surface area contributed by atoms with Crippen LogP contribution in [0, 0.1) is 23.7 Å². The highest BCUT2D eigenvalue weighted by atomic mass is 16.2. The molecule has 7 heteroatoms. The van der Waals surface area contributed by atoms with Crippen molar-refractivity contribution in [3.63, 3.8) is 0 Å². The van der Waals surface area contributed by atoms with Gasteiger partial charge in [0.1, 0.15) is 0 Å². The fourth-order valence-corrected chi connectivity index (χ4v) is 5.43. The summed E-state index contributed by atoms with van der Waals surface area (Å²) in [5, 5.41) is 0. The molecule has 0 radical (unpaired) electrons. The molecule has 1 aromatic carbocycles. The Morgan fingerprint density at radius 3 is 2.65 bits per heavy atom. The van der Waals surface area contributed by atoms with Crippen LogP contribution in [0.2, 0.25) is 0 Å². The number of carbonyl (C=O) groups excluding carboxylic acids is 2. The molecule has 1 fully saturated rings. The summed E-state index contributed by atoms with van der Waals surface area (Å²) in [6.45, 7) is 7.03. The molecular weight excluding hydrogens is 428 g/mol. The van der Waals surface area contributed by atoms with E-state index in [1.807, 2.05) is 6.07 Å². The first-order valence-corrected chi connectivity index (χ1v) is 12.2. The van der Waals surface area contributed by atoms with Gasteiger partial charge in [-0.25, -0.2) is 9.36 Å². The van der Waals surface area contributed by atoms with Crippen LogP contribution in [0.3, 0.4) is 0 Å². The predicted molar refractivity (Wildman–Crippen MR) is 133 cm³/mol. The van der Waals surface area contributed by atoms with Gasteiger partial charge in [0.15, 0.2) is 5.78 Å². The number of nitrogens with two attached hydrogens (primary N) is 1. The molecule has 0 saturated heterocycles. The number of pyridine rings is 1. The first-order chi connectivity index (χ1) is 16.3. The molecule has 7 nitrogen and oxygen atoms in total. The minimum absolute atomic E-state index is 0.0679. The van der Waals surface area contributed by atoms with Gasteiger partial charge in [-0.05, 0) is 60.4 Å². The number of hydrogen-bond donors (Lipinski definition) is 1. The van der Waals surface area contributed by atoms with Crippen LogP contribution in [0.25, 0.3) is 11.0 Å². The molecule has 180 valence electrons. The van der Waals surface area contributed by atoms with Crippen LogP contribution in [0.5, 0.6) is 0 Å². The molecule has 0 aliphatic heterocycles. The van der Waals surface area contributed by atoms with Gasteiger partial charge in [0.2, 0.25) is 5.91 Å². The van der Waals surface area contributed by atoms with E-state index in [0.29, 0.717) is 28.4 Å². The van der Waals surface area contributed by atoms with E-state index >= 15 is 0 Å². The monoisotopic (exact) mass is 462 g/mol. The zero-order valence-electron chi connectivity index (χ0n) is 20.2. The van der Waals surface area contributed by atoms with Crippen molar-refractivity contribution >= 4 is 22.7 Å². The van der Waals surface area contributed by atoms with Crippen LogP contribution in [-0.4, -0.2) is 32.4 Å². The number of Topliss-reactive ketones (excluding diaryl/α,β-unsaturated/α-hetero) is 1. The number of hydrogen-bond acceptors (Lipinski definition) is 5. The van der Waals surface area contributed by atoms with Crippen molar-refractivity contribution in [2.75, 3.05) is 6.54 Å². The van der Waals surface area contributed by atoms with Crippen molar-refractivity contribution in [2.45, 2.75) is 53.0 Å². The lowest BCUT2D eigenvalue weighted by Gasteiger charge is -2.36. The highest BCUT2D eigenvalue weighted by Gasteiger charge is 2.37. The predicted octanol–water partition coefficient (Wildman–Crippen LogP) is 3.93.